The highest BCUT2D eigenvalue weighted by atomic mass is 16.5. The van der Waals surface area contributed by atoms with Crippen LogP contribution in [-0.4, -0.2) is 44.0 Å². The molecule has 0 unspecified atom stereocenters. The molecule has 1 amide bonds. The second kappa shape index (κ2) is 10.4. The van der Waals surface area contributed by atoms with E-state index in [9.17, 15) is 14.4 Å². The van der Waals surface area contributed by atoms with Crippen LogP contribution in [0.3, 0.4) is 0 Å². The maximum Gasteiger partial charge on any atom is 0.329 e. The van der Waals surface area contributed by atoms with Crippen molar-refractivity contribution < 1.29 is 28.6 Å². The minimum Gasteiger partial charge on any atom is -0.497 e. The van der Waals surface area contributed by atoms with Crippen molar-refractivity contribution in [2.24, 2.45) is 5.92 Å². The number of carbonyl (C=O) groups is 3. The lowest BCUT2D eigenvalue weighted by molar-refractivity contribution is -0.149. The Morgan fingerprint density at radius 2 is 1.50 bits per heavy atom. The van der Waals surface area contributed by atoms with Crippen molar-refractivity contribution >= 4 is 17.7 Å². The van der Waals surface area contributed by atoms with Gasteiger partial charge in [-0.3, -0.25) is 9.59 Å². The van der Waals surface area contributed by atoms with Crippen LogP contribution < -0.4 is 14.8 Å². The number of Topliss-reactive ketones (excluding diaryl/α,β-unsaturated/α-hetero) is 1. The first-order chi connectivity index (χ1) is 14.3. The molecule has 30 heavy (non-hydrogen) atoms. The molecule has 0 saturated heterocycles. The molecular weight excluding hydrogens is 386 g/mol. The van der Waals surface area contributed by atoms with Crippen molar-refractivity contribution in [1.29, 1.82) is 0 Å². The van der Waals surface area contributed by atoms with Crippen LogP contribution in [0.15, 0.2) is 48.5 Å². The first-order valence-corrected chi connectivity index (χ1v) is 9.61. The Hall–Kier alpha value is -3.35. The number of hydrogen-bond acceptors (Lipinski definition) is 6. The lowest BCUT2D eigenvalue weighted by Crippen LogP contribution is -2.46. The molecule has 1 N–H and O–H groups in total. The van der Waals surface area contributed by atoms with Crippen LogP contribution in [0.5, 0.6) is 11.5 Å². The number of benzene rings is 2. The number of amides is 1. The number of ketones is 1. The van der Waals surface area contributed by atoms with Crippen molar-refractivity contribution in [3.8, 4) is 11.5 Å². The summed E-state index contributed by atoms with van der Waals surface area (Å²) in [6.45, 7) is 5.07. The maximum atomic E-state index is 12.7. The molecule has 0 bridgehead atoms. The Bertz CT molecular complexity index is 891. The molecule has 0 aromatic heterocycles. The van der Waals surface area contributed by atoms with Gasteiger partial charge in [0.2, 0.25) is 5.78 Å². The number of ether oxygens (including phenoxy) is 3. The number of esters is 1. The van der Waals surface area contributed by atoms with E-state index in [1.807, 2.05) is 0 Å². The monoisotopic (exact) mass is 413 g/mol. The minimum atomic E-state index is -1.00. The smallest absolute Gasteiger partial charge is 0.329 e. The molecule has 160 valence electrons. The van der Waals surface area contributed by atoms with Gasteiger partial charge in [-0.15, -0.1) is 0 Å². The summed E-state index contributed by atoms with van der Waals surface area (Å²) < 4.78 is 15.6. The van der Waals surface area contributed by atoms with Gasteiger partial charge in [-0.25, -0.2) is 4.79 Å². The Morgan fingerprint density at radius 3 is 2.07 bits per heavy atom. The van der Waals surface area contributed by atoms with Crippen LogP contribution in [-0.2, 0) is 9.53 Å². The molecule has 2 atom stereocenters. The molecule has 0 aliphatic rings. The van der Waals surface area contributed by atoms with Crippen LogP contribution in [0.2, 0.25) is 0 Å². The van der Waals surface area contributed by atoms with Crippen molar-refractivity contribution in [3.63, 3.8) is 0 Å². The van der Waals surface area contributed by atoms with Gasteiger partial charge < -0.3 is 19.5 Å². The summed E-state index contributed by atoms with van der Waals surface area (Å²) >= 11 is 0. The molecule has 2 rings (SSSR count). The van der Waals surface area contributed by atoms with E-state index in [2.05, 4.69) is 5.32 Å². The third-order valence-corrected chi connectivity index (χ3v) is 4.60. The van der Waals surface area contributed by atoms with E-state index in [1.54, 1.807) is 62.4 Å². The molecule has 2 aromatic carbocycles. The van der Waals surface area contributed by atoms with Crippen LogP contribution >= 0.6 is 0 Å². The largest absolute Gasteiger partial charge is 0.497 e. The zero-order valence-corrected chi connectivity index (χ0v) is 17.8. The fraction of sp³-hybridized carbons (Fsp3) is 0.348. The normalized spacial score (nSPS) is 12.6. The summed E-state index contributed by atoms with van der Waals surface area (Å²) in [6, 6.07) is 12.3. The number of hydrogen-bond donors (Lipinski definition) is 1. The molecule has 7 nitrogen and oxygen atoms in total. The fourth-order valence-corrected chi connectivity index (χ4v) is 2.84. The summed E-state index contributed by atoms with van der Waals surface area (Å²) in [5.41, 5.74) is 0.705. The summed E-state index contributed by atoms with van der Waals surface area (Å²) in [6.07, 6.45) is -1.00. The molecule has 0 aliphatic heterocycles. The van der Waals surface area contributed by atoms with Crippen LogP contribution in [0.1, 0.15) is 41.5 Å². The average Bonchev–Trinajstić information content (AvgIpc) is 2.76. The molecule has 0 aliphatic carbocycles. The predicted molar refractivity (Wildman–Crippen MR) is 112 cm³/mol. The Morgan fingerprint density at radius 1 is 0.867 bits per heavy atom. The van der Waals surface area contributed by atoms with Gasteiger partial charge in [0.15, 0.2) is 6.10 Å². The number of nitrogens with one attached hydrogen (secondary N) is 1. The highest BCUT2D eigenvalue weighted by Gasteiger charge is 2.30. The van der Waals surface area contributed by atoms with Crippen molar-refractivity contribution in [2.45, 2.75) is 32.9 Å². The molecule has 0 spiro atoms. The second-order valence-corrected chi connectivity index (χ2v) is 7.07. The van der Waals surface area contributed by atoms with Gasteiger partial charge in [-0.2, -0.15) is 0 Å². The minimum absolute atomic E-state index is 0.251. The molecule has 0 heterocycles. The van der Waals surface area contributed by atoms with Crippen LogP contribution in [0.4, 0.5) is 0 Å². The Balaban J connectivity index is 2.08. The van der Waals surface area contributed by atoms with Crippen molar-refractivity contribution in [3.05, 3.63) is 59.7 Å². The van der Waals surface area contributed by atoms with Gasteiger partial charge in [-0.1, -0.05) is 26.0 Å². The zero-order chi connectivity index (χ0) is 22.3. The second-order valence-electron chi connectivity index (χ2n) is 7.07. The third-order valence-electron chi connectivity index (χ3n) is 4.60. The van der Waals surface area contributed by atoms with E-state index in [1.165, 1.54) is 21.1 Å². The first kappa shape index (κ1) is 22.9. The lowest BCUT2D eigenvalue weighted by atomic mass is 10.0. The topological polar surface area (TPSA) is 90.9 Å². The number of methoxy groups -OCH3 is 2. The van der Waals surface area contributed by atoms with E-state index < -0.39 is 24.0 Å². The summed E-state index contributed by atoms with van der Waals surface area (Å²) in [5.74, 6) is -0.715. The van der Waals surface area contributed by atoms with Crippen molar-refractivity contribution in [1.82, 2.24) is 5.32 Å². The zero-order valence-electron chi connectivity index (χ0n) is 17.8. The predicted octanol–water partition coefficient (Wildman–Crippen LogP) is 3.27. The number of carbonyl (C=O) groups excluding carboxylic acids is 3. The van der Waals surface area contributed by atoms with Crippen LogP contribution in [0.25, 0.3) is 0 Å². The maximum absolute atomic E-state index is 12.7. The highest BCUT2D eigenvalue weighted by Crippen LogP contribution is 2.19. The van der Waals surface area contributed by atoms with E-state index in [-0.39, 0.29) is 11.7 Å². The summed E-state index contributed by atoms with van der Waals surface area (Å²) in [7, 11) is 3.00. The summed E-state index contributed by atoms with van der Waals surface area (Å²) in [5, 5.41) is 2.69. The number of rotatable bonds is 9. The Kier molecular flexibility index (Phi) is 7.98. The SMILES string of the molecule is COc1ccc(C(=O)[C@@H](C)OC(=O)[C@@H](NC(=O)c2ccccc2OC)C(C)C)cc1. The van der Waals surface area contributed by atoms with Crippen molar-refractivity contribution in [2.75, 3.05) is 14.2 Å². The average molecular weight is 413 g/mol. The van der Waals surface area contributed by atoms with Gasteiger partial charge in [-0.05, 0) is 49.2 Å². The van der Waals surface area contributed by atoms with Gasteiger partial charge >= 0.3 is 5.97 Å². The first-order valence-electron chi connectivity index (χ1n) is 9.61. The number of para-hydroxylation sites is 1. The van der Waals surface area contributed by atoms with E-state index >= 15 is 0 Å². The molecule has 2 aromatic rings. The van der Waals surface area contributed by atoms with E-state index in [4.69, 9.17) is 14.2 Å². The van der Waals surface area contributed by atoms with Crippen LogP contribution in [0, 0.1) is 5.92 Å². The lowest BCUT2D eigenvalue weighted by Gasteiger charge is -2.23. The Labute approximate surface area is 176 Å². The third kappa shape index (κ3) is 5.59. The van der Waals surface area contributed by atoms with Gasteiger partial charge in [0.25, 0.3) is 5.91 Å². The highest BCUT2D eigenvalue weighted by molar-refractivity contribution is 6.01. The standard InChI is InChI=1S/C23H27NO6/c1-14(2)20(24-22(26)18-8-6-7-9-19(18)29-5)23(27)30-15(3)21(25)16-10-12-17(28-4)13-11-16/h6-15,20H,1-5H3,(H,24,26)/t15-,20+/m1/s1. The molecular formula is C23H27NO6. The molecule has 7 heteroatoms. The quantitative estimate of drug-likeness (QED) is 0.501. The van der Waals surface area contributed by atoms with Gasteiger partial charge in [0, 0.05) is 5.56 Å². The fourth-order valence-electron chi connectivity index (χ4n) is 2.84. The molecule has 0 fully saturated rings. The van der Waals surface area contributed by atoms with Gasteiger partial charge in [0.1, 0.15) is 17.5 Å². The van der Waals surface area contributed by atoms with E-state index in [0.717, 1.165) is 0 Å². The van der Waals surface area contributed by atoms with Gasteiger partial charge in [0.05, 0.1) is 19.8 Å². The molecule has 0 radical (unpaired) electrons. The van der Waals surface area contributed by atoms with E-state index in [0.29, 0.717) is 22.6 Å². The molecule has 0 saturated carbocycles. The summed E-state index contributed by atoms with van der Waals surface area (Å²) in [4.78, 5) is 38.0.